The van der Waals surface area contributed by atoms with Gasteiger partial charge in [-0.3, -0.25) is 19.8 Å². The second kappa shape index (κ2) is 10.8. The molecule has 3 aromatic rings. The van der Waals surface area contributed by atoms with Gasteiger partial charge in [-0.1, -0.05) is 17.4 Å². The predicted molar refractivity (Wildman–Crippen MR) is 133 cm³/mol. The van der Waals surface area contributed by atoms with E-state index in [-0.39, 0.29) is 35.2 Å². The summed E-state index contributed by atoms with van der Waals surface area (Å²) in [6, 6.07) is 6.63. The normalized spacial score (nSPS) is 10.8. The molecule has 0 aliphatic carbocycles. The molecule has 2 aromatic carbocycles. The number of amides is 1. The van der Waals surface area contributed by atoms with E-state index in [4.69, 9.17) is 14.5 Å². The van der Waals surface area contributed by atoms with Crippen molar-refractivity contribution in [1.82, 2.24) is 9.88 Å². The Morgan fingerprint density at radius 1 is 1.09 bits per heavy atom. The number of likely N-dealkylation sites (N-methyl/N-ethyl adjacent to an activating group) is 1. The summed E-state index contributed by atoms with van der Waals surface area (Å²) in [6.07, 6.45) is 0. The van der Waals surface area contributed by atoms with Crippen LogP contribution in [0.15, 0.2) is 24.3 Å². The summed E-state index contributed by atoms with van der Waals surface area (Å²) in [4.78, 5) is 33.0. The van der Waals surface area contributed by atoms with Crippen LogP contribution in [-0.2, 0) is 0 Å². The third-order valence-electron chi connectivity index (χ3n) is 4.99. The number of hydrogen-bond donors (Lipinski definition) is 0. The van der Waals surface area contributed by atoms with Crippen molar-refractivity contribution in [1.29, 1.82) is 0 Å². The zero-order chi connectivity index (χ0) is 23.6. The molecular weight excluding hydrogens is 468 g/mol. The lowest BCUT2D eigenvalue weighted by molar-refractivity contribution is -0.385. The number of nitro benzene ring substituents is 1. The van der Waals surface area contributed by atoms with Crippen molar-refractivity contribution in [2.45, 2.75) is 13.8 Å². The highest BCUT2D eigenvalue weighted by atomic mass is 35.5. The number of ether oxygens (including phenoxy) is 2. The maximum Gasteiger partial charge on any atom is 0.286 e. The molecule has 0 unspecified atom stereocenters. The first-order valence-corrected chi connectivity index (χ1v) is 10.7. The molecule has 0 saturated carbocycles. The van der Waals surface area contributed by atoms with Crippen LogP contribution in [0.4, 0.5) is 10.8 Å². The number of methoxy groups -OCH3 is 2. The third kappa shape index (κ3) is 5.52. The maximum atomic E-state index is 13.7. The van der Waals surface area contributed by atoms with Gasteiger partial charge in [-0.25, -0.2) is 4.98 Å². The first-order valence-electron chi connectivity index (χ1n) is 9.91. The molecule has 0 saturated heterocycles. The van der Waals surface area contributed by atoms with Crippen molar-refractivity contribution in [2.24, 2.45) is 0 Å². The zero-order valence-electron chi connectivity index (χ0n) is 19.4. The number of anilines is 1. The monoisotopic (exact) mass is 494 g/mol. The number of aromatic nitrogens is 1. The third-order valence-corrected chi connectivity index (χ3v) is 6.02. The average molecular weight is 495 g/mol. The van der Waals surface area contributed by atoms with E-state index >= 15 is 0 Å². The van der Waals surface area contributed by atoms with E-state index in [9.17, 15) is 14.9 Å². The Hall–Kier alpha value is -2.95. The van der Waals surface area contributed by atoms with Crippen molar-refractivity contribution in [3.8, 4) is 11.5 Å². The minimum Gasteiger partial charge on any atom is -0.493 e. The quantitative estimate of drug-likeness (QED) is 0.336. The molecule has 1 amide bonds. The fourth-order valence-corrected chi connectivity index (χ4v) is 4.56. The molecule has 0 aliphatic heterocycles. The first kappa shape index (κ1) is 26.3. The fraction of sp³-hybridized carbons (Fsp3) is 0.364. The van der Waals surface area contributed by atoms with Gasteiger partial charge in [-0.2, -0.15) is 0 Å². The van der Waals surface area contributed by atoms with Gasteiger partial charge >= 0.3 is 0 Å². The largest absolute Gasteiger partial charge is 0.493 e. The number of fused-ring (bicyclic) bond motifs is 1. The van der Waals surface area contributed by atoms with Crippen LogP contribution in [0.2, 0.25) is 0 Å². The van der Waals surface area contributed by atoms with Crippen LogP contribution in [0.1, 0.15) is 21.5 Å². The fourth-order valence-electron chi connectivity index (χ4n) is 3.39. The molecule has 1 aromatic heterocycles. The smallest absolute Gasteiger partial charge is 0.286 e. The number of benzene rings is 2. The van der Waals surface area contributed by atoms with Gasteiger partial charge in [-0.05, 0) is 45.1 Å². The molecule has 9 nitrogen and oxygen atoms in total. The van der Waals surface area contributed by atoms with Gasteiger partial charge in [0.2, 0.25) is 0 Å². The van der Waals surface area contributed by atoms with Crippen LogP contribution in [0, 0.1) is 24.0 Å². The van der Waals surface area contributed by atoms with Crippen LogP contribution in [0.25, 0.3) is 10.2 Å². The van der Waals surface area contributed by atoms with Crippen LogP contribution in [-0.4, -0.2) is 62.1 Å². The second-order valence-corrected chi connectivity index (χ2v) is 8.68. The van der Waals surface area contributed by atoms with Crippen LogP contribution < -0.4 is 14.4 Å². The molecule has 1 heterocycles. The van der Waals surface area contributed by atoms with Gasteiger partial charge in [-0.15, -0.1) is 12.4 Å². The molecule has 0 atom stereocenters. The Morgan fingerprint density at radius 2 is 1.73 bits per heavy atom. The zero-order valence-corrected chi connectivity index (χ0v) is 21.0. The first-order chi connectivity index (χ1) is 15.2. The standard InChI is InChI=1S/C22H26N4O5S.ClH/c1-13-9-14(2)20-19(10-13)32-22(23-20)25(8-7-24(3)4)21(27)15-11-17(30-5)18(31-6)12-16(15)26(28)29;/h9-12H,7-8H2,1-6H3;1H. The number of carbonyl (C=O) groups is 1. The number of rotatable bonds is 8. The Balaban J connectivity index is 0.00000385. The van der Waals surface area contributed by atoms with Crippen molar-refractivity contribution >= 4 is 50.7 Å². The lowest BCUT2D eigenvalue weighted by Gasteiger charge is -2.22. The van der Waals surface area contributed by atoms with Gasteiger partial charge in [0.15, 0.2) is 16.6 Å². The number of halogens is 1. The number of nitrogens with zero attached hydrogens (tertiary/aromatic N) is 4. The van der Waals surface area contributed by atoms with Crippen molar-refractivity contribution < 1.29 is 19.2 Å². The minimum atomic E-state index is -0.592. The molecule has 3 rings (SSSR count). The number of aryl methyl sites for hydroxylation is 2. The highest BCUT2D eigenvalue weighted by Crippen LogP contribution is 2.37. The summed E-state index contributed by atoms with van der Waals surface area (Å²) in [5.74, 6) is -0.0978. The van der Waals surface area contributed by atoms with Crippen molar-refractivity contribution in [2.75, 3.05) is 46.3 Å². The van der Waals surface area contributed by atoms with E-state index in [2.05, 4.69) is 0 Å². The molecule has 0 radical (unpaired) electrons. The molecule has 33 heavy (non-hydrogen) atoms. The topological polar surface area (TPSA) is 98.0 Å². The molecule has 11 heteroatoms. The maximum absolute atomic E-state index is 13.7. The van der Waals surface area contributed by atoms with E-state index in [1.807, 2.05) is 45.0 Å². The van der Waals surface area contributed by atoms with E-state index in [0.717, 1.165) is 21.3 Å². The minimum absolute atomic E-state index is 0. The van der Waals surface area contributed by atoms with Gasteiger partial charge in [0.25, 0.3) is 11.6 Å². The van der Waals surface area contributed by atoms with Gasteiger partial charge in [0.1, 0.15) is 5.56 Å². The lowest BCUT2D eigenvalue weighted by atomic mass is 10.1. The molecular formula is C22H27ClN4O5S. The Labute approximate surface area is 202 Å². The van der Waals surface area contributed by atoms with Crippen molar-refractivity contribution in [3.05, 3.63) is 51.1 Å². The van der Waals surface area contributed by atoms with E-state index in [0.29, 0.717) is 18.2 Å². The van der Waals surface area contributed by atoms with Crippen LogP contribution in [0.3, 0.4) is 0 Å². The molecule has 0 fully saturated rings. The summed E-state index contributed by atoms with van der Waals surface area (Å²) in [7, 11) is 6.60. The van der Waals surface area contributed by atoms with Gasteiger partial charge < -0.3 is 14.4 Å². The van der Waals surface area contributed by atoms with Crippen LogP contribution >= 0.6 is 23.7 Å². The number of hydrogen-bond acceptors (Lipinski definition) is 8. The number of carbonyl (C=O) groups excluding carboxylic acids is 1. The molecule has 0 aliphatic rings. The van der Waals surface area contributed by atoms with E-state index < -0.39 is 10.8 Å². The SMILES string of the molecule is COc1cc(C(=O)N(CCN(C)C)c2nc3c(C)cc(C)cc3s2)c([N+](=O)[O-])cc1OC.Cl. The van der Waals surface area contributed by atoms with Gasteiger partial charge in [0.05, 0.1) is 35.4 Å². The summed E-state index contributed by atoms with van der Waals surface area (Å²) < 4.78 is 11.4. The Kier molecular flexibility index (Phi) is 8.59. The Bertz CT molecular complexity index is 1180. The second-order valence-electron chi connectivity index (χ2n) is 7.67. The highest BCUT2D eigenvalue weighted by Gasteiger charge is 2.30. The van der Waals surface area contributed by atoms with E-state index in [1.54, 1.807) is 0 Å². The molecule has 0 spiro atoms. The van der Waals surface area contributed by atoms with Crippen molar-refractivity contribution in [3.63, 3.8) is 0 Å². The average Bonchev–Trinajstić information content (AvgIpc) is 3.16. The van der Waals surface area contributed by atoms with Gasteiger partial charge in [0, 0.05) is 19.2 Å². The van der Waals surface area contributed by atoms with Crippen LogP contribution in [0.5, 0.6) is 11.5 Å². The summed E-state index contributed by atoms with van der Waals surface area (Å²) in [5, 5.41) is 12.2. The highest BCUT2D eigenvalue weighted by molar-refractivity contribution is 7.22. The molecule has 0 N–H and O–H groups in total. The summed E-state index contributed by atoms with van der Waals surface area (Å²) in [6.45, 7) is 4.85. The van der Waals surface area contributed by atoms with E-state index in [1.165, 1.54) is 42.6 Å². The number of nitro groups is 1. The summed E-state index contributed by atoms with van der Waals surface area (Å²) >= 11 is 1.39. The lowest BCUT2D eigenvalue weighted by Crippen LogP contribution is -2.37. The number of thiazole rings is 1. The summed E-state index contributed by atoms with van der Waals surface area (Å²) in [5.41, 5.74) is 2.50. The predicted octanol–water partition coefficient (Wildman–Crippen LogP) is 4.47. The molecule has 0 bridgehead atoms. The molecule has 178 valence electrons. The Morgan fingerprint density at radius 3 is 2.30 bits per heavy atom.